The van der Waals surface area contributed by atoms with Gasteiger partial charge >= 0.3 is 0 Å². The van der Waals surface area contributed by atoms with Crippen molar-refractivity contribution < 1.29 is 9.53 Å². The minimum atomic E-state index is -0.796. The minimum Gasteiger partial charge on any atom is -0.383 e. The van der Waals surface area contributed by atoms with Gasteiger partial charge in [0, 0.05) is 17.7 Å². The molecule has 0 spiro atoms. The van der Waals surface area contributed by atoms with Crippen LogP contribution in [0.3, 0.4) is 0 Å². The molecule has 148 valence electrons. The highest BCUT2D eigenvalue weighted by atomic mass is 35.5. The molecule has 1 fully saturated rings. The second kappa shape index (κ2) is 8.95. The molecule has 1 N–H and O–H groups in total. The maximum Gasteiger partial charge on any atom is 0.231 e. The molecule has 1 aliphatic carbocycles. The van der Waals surface area contributed by atoms with Gasteiger partial charge in [-0.25, -0.2) is 0 Å². The van der Waals surface area contributed by atoms with Gasteiger partial charge in [0.2, 0.25) is 5.91 Å². The van der Waals surface area contributed by atoms with Crippen molar-refractivity contribution in [3.05, 3.63) is 29.3 Å². The molecule has 0 saturated heterocycles. The summed E-state index contributed by atoms with van der Waals surface area (Å²) in [5, 5.41) is 22.1. The van der Waals surface area contributed by atoms with Gasteiger partial charge in [-0.2, -0.15) is 5.26 Å². The fourth-order valence-electron chi connectivity index (χ4n) is 2.93. The van der Waals surface area contributed by atoms with E-state index in [0.717, 1.165) is 18.4 Å². The lowest BCUT2D eigenvalue weighted by molar-refractivity contribution is -0.119. The van der Waals surface area contributed by atoms with Crippen LogP contribution in [-0.4, -0.2) is 45.7 Å². The van der Waals surface area contributed by atoms with Crippen molar-refractivity contribution in [1.82, 2.24) is 20.1 Å². The number of hydrogen-bond donors (Lipinski definition) is 1. The predicted octanol–water partition coefficient (Wildman–Crippen LogP) is 3.15. The third kappa shape index (κ3) is 4.85. The Morgan fingerprint density at radius 1 is 1.43 bits per heavy atom. The molecule has 1 aliphatic rings. The van der Waals surface area contributed by atoms with Crippen LogP contribution < -0.4 is 5.32 Å². The molecule has 2 aromatic rings. The summed E-state index contributed by atoms with van der Waals surface area (Å²) in [4.78, 5) is 12.4. The summed E-state index contributed by atoms with van der Waals surface area (Å²) in [5.41, 5.74) is 0.0885. The number of nitriles is 1. The maximum absolute atomic E-state index is 12.4. The molecule has 28 heavy (non-hydrogen) atoms. The molecule has 3 rings (SSSR count). The monoisotopic (exact) mass is 419 g/mol. The first-order valence-corrected chi connectivity index (χ1v) is 10.4. The number of thioether (sulfide) groups is 1. The van der Waals surface area contributed by atoms with Crippen LogP contribution in [0.25, 0.3) is 11.4 Å². The number of carbonyl (C=O) groups is 1. The Morgan fingerprint density at radius 3 is 2.75 bits per heavy atom. The Bertz CT molecular complexity index is 875. The first kappa shape index (κ1) is 20.6. The molecule has 9 heteroatoms. The Balaban J connectivity index is 1.71. The minimum absolute atomic E-state index is 0.162. The van der Waals surface area contributed by atoms with Crippen LogP contribution in [-0.2, 0) is 16.1 Å². The highest BCUT2D eigenvalue weighted by Crippen LogP contribution is 2.39. The average molecular weight is 420 g/mol. The third-order valence-corrected chi connectivity index (χ3v) is 5.91. The number of aromatic nitrogens is 3. The summed E-state index contributed by atoms with van der Waals surface area (Å²) in [7, 11) is 1.63. The third-order valence-electron chi connectivity index (χ3n) is 4.70. The standard InChI is InChI=1S/C19H22ClN5O2S/c1-19(12-21,14-5-6-14)22-16(26)11-28-18-24-23-17(25(18)9-10-27-2)13-3-7-15(20)8-4-13/h3-4,7-8,14H,5-6,9-11H2,1-2H3,(H,22,26)/t19-/m1/s1. The van der Waals surface area contributed by atoms with Gasteiger partial charge in [-0.15, -0.1) is 10.2 Å². The van der Waals surface area contributed by atoms with E-state index < -0.39 is 5.54 Å². The maximum atomic E-state index is 12.4. The molecule has 1 saturated carbocycles. The van der Waals surface area contributed by atoms with Crippen LogP contribution in [0.1, 0.15) is 19.8 Å². The summed E-state index contributed by atoms with van der Waals surface area (Å²) in [6.45, 7) is 2.84. The number of rotatable bonds is 9. The van der Waals surface area contributed by atoms with Crippen molar-refractivity contribution in [3.63, 3.8) is 0 Å². The topological polar surface area (TPSA) is 92.8 Å². The van der Waals surface area contributed by atoms with E-state index in [1.807, 2.05) is 16.7 Å². The second-order valence-corrected chi connectivity index (χ2v) is 8.26. The fourth-order valence-corrected chi connectivity index (χ4v) is 3.82. The van der Waals surface area contributed by atoms with Crippen molar-refractivity contribution in [2.24, 2.45) is 5.92 Å². The van der Waals surface area contributed by atoms with E-state index in [2.05, 4.69) is 21.6 Å². The first-order chi connectivity index (χ1) is 13.5. The molecule has 7 nitrogen and oxygen atoms in total. The summed E-state index contributed by atoms with van der Waals surface area (Å²) in [6.07, 6.45) is 1.96. The Labute approximate surface area is 173 Å². The van der Waals surface area contributed by atoms with Gasteiger partial charge in [-0.3, -0.25) is 9.36 Å². The Hall–Kier alpha value is -2.08. The fraction of sp³-hybridized carbons (Fsp3) is 0.474. The van der Waals surface area contributed by atoms with E-state index in [0.29, 0.717) is 29.2 Å². The normalized spacial score (nSPS) is 15.6. The molecule has 1 amide bonds. The lowest BCUT2D eigenvalue weighted by Gasteiger charge is -2.22. The highest BCUT2D eigenvalue weighted by Gasteiger charge is 2.42. The summed E-state index contributed by atoms with van der Waals surface area (Å²) >= 11 is 7.26. The largest absolute Gasteiger partial charge is 0.383 e. The van der Waals surface area contributed by atoms with E-state index in [-0.39, 0.29) is 17.6 Å². The number of benzene rings is 1. The second-order valence-electron chi connectivity index (χ2n) is 6.88. The van der Waals surface area contributed by atoms with E-state index >= 15 is 0 Å². The smallest absolute Gasteiger partial charge is 0.231 e. The van der Waals surface area contributed by atoms with Crippen LogP contribution in [0, 0.1) is 17.2 Å². The van der Waals surface area contributed by atoms with E-state index in [1.54, 1.807) is 26.2 Å². The van der Waals surface area contributed by atoms with E-state index in [9.17, 15) is 10.1 Å². The molecule has 1 aromatic heterocycles. The average Bonchev–Trinajstić information content (AvgIpc) is 3.47. The van der Waals surface area contributed by atoms with Crippen LogP contribution in [0.2, 0.25) is 5.02 Å². The molecular formula is C19H22ClN5O2S. The van der Waals surface area contributed by atoms with E-state index in [4.69, 9.17) is 16.3 Å². The van der Waals surface area contributed by atoms with Gasteiger partial charge in [0.05, 0.1) is 25.0 Å². The number of amides is 1. The zero-order valence-electron chi connectivity index (χ0n) is 15.8. The van der Waals surface area contributed by atoms with Gasteiger partial charge in [-0.1, -0.05) is 23.4 Å². The molecule has 0 unspecified atom stereocenters. The molecule has 1 aromatic carbocycles. The molecule has 1 heterocycles. The van der Waals surface area contributed by atoms with Crippen molar-refractivity contribution in [2.45, 2.75) is 37.0 Å². The van der Waals surface area contributed by atoms with Crippen molar-refractivity contribution >= 4 is 29.3 Å². The van der Waals surface area contributed by atoms with Gasteiger partial charge in [0.25, 0.3) is 0 Å². The highest BCUT2D eigenvalue weighted by molar-refractivity contribution is 7.99. The van der Waals surface area contributed by atoms with Crippen LogP contribution in [0.15, 0.2) is 29.4 Å². The summed E-state index contributed by atoms with van der Waals surface area (Å²) in [5.74, 6) is 0.912. The quantitative estimate of drug-likeness (QED) is 0.627. The number of halogens is 1. The lowest BCUT2D eigenvalue weighted by atomic mass is 9.98. The molecule has 1 atom stereocenters. The number of carbonyl (C=O) groups excluding carboxylic acids is 1. The van der Waals surface area contributed by atoms with Crippen LogP contribution in [0.5, 0.6) is 0 Å². The zero-order valence-corrected chi connectivity index (χ0v) is 17.4. The van der Waals surface area contributed by atoms with Gasteiger partial charge < -0.3 is 10.1 Å². The molecular weight excluding hydrogens is 398 g/mol. The predicted molar refractivity (Wildman–Crippen MR) is 108 cm³/mol. The number of nitrogens with one attached hydrogen (secondary N) is 1. The summed E-state index contributed by atoms with van der Waals surface area (Å²) < 4.78 is 7.12. The SMILES string of the molecule is COCCn1c(SCC(=O)N[C@](C)(C#N)C2CC2)nnc1-c1ccc(Cl)cc1. The van der Waals surface area contributed by atoms with Gasteiger partial charge in [-0.05, 0) is 49.9 Å². The van der Waals surface area contributed by atoms with E-state index in [1.165, 1.54) is 11.8 Å². The molecule has 0 bridgehead atoms. The van der Waals surface area contributed by atoms with Gasteiger partial charge in [0.1, 0.15) is 5.54 Å². The number of ether oxygens (including phenoxy) is 1. The van der Waals surface area contributed by atoms with Crippen LogP contribution in [0.4, 0.5) is 0 Å². The lowest BCUT2D eigenvalue weighted by Crippen LogP contribution is -2.47. The first-order valence-electron chi connectivity index (χ1n) is 9.00. The number of hydrogen-bond acceptors (Lipinski definition) is 6. The van der Waals surface area contributed by atoms with Crippen molar-refractivity contribution in [3.8, 4) is 17.5 Å². The van der Waals surface area contributed by atoms with Gasteiger partial charge in [0.15, 0.2) is 11.0 Å². The number of nitrogens with zero attached hydrogens (tertiary/aromatic N) is 4. The molecule has 0 aliphatic heterocycles. The number of methoxy groups -OCH3 is 1. The summed E-state index contributed by atoms with van der Waals surface area (Å²) in [6, 6.07) is 9.59. The Morgan fingerprint density at radius 2 is 2.14 bits per heavy atom. The Kier molecular flexibility index (Phi) is 6.60. The zero-order chi connectivity index (χ0) is 20.1. The van der Waals surface area contributed by atoms with Crippen LogP contribution >= 0.6 is 23.4 Å². The van der Waals surface area contributed by atoms with Crippen molar-refractivity contribution in [2.75, 3.05) is 19.5 Å². The van der Waals surface area contributed by atoms with Crippen molar-refractivity contribution in [1.29, 1.82) is 5.26 Å². The molecule has 0 radical (unpaired) electrons.